The Balaban J connectivity index is 1.34. The largest absolute Gasteiger partial charge is 0.309 e. The van der Waals surface area contributed by atoms with E-state index in [0.717, 1.165) is 55.7 Å². The molecule has 3 heteroatoms. The molecule has 46 heavy (non-hydrogen) atoms. The van der Waals surface area contributed by atoms with E-state index in [2.05, 4.69) is 173 Å². The zero-order valence-electron chi connectivity index (χ0n) is 24.9. The maximum absolute atomic E-state index is 10.6. The maximum Gasteiger partial charge on any atom is 0.0998 e. The van der Waals surface area contributed by atoms with Gasteiger partial charge in [-0.05, 0) is 59.7 Å². The summed E-state index contributed by atoms with van der Waals surface area (Å²) in [7, 11) is 0. The van der Waals surface area contributed by atoms with E-state index in [1.807, 2.05) is 6.07 Å². The molecule has 9 aromatic rings. The molecule has 0 bridgehead atoms. The SMILES string of the molecule is N#Cc1cc(-c2ccccc2)c(-n2c3ccccc3c3ccccc32)cc1-c1cccc(-n2c3ccccc3c3ccccc32)c1. The minimum absolute atomic E-state index is 0.641. The lowest BCUT2D eigenvalue weighted by Gasteiger charge is -2.18. The predicted octanol–water partition coefficient (Wildman–Crippen LogP) is 11.1. The molecule has 0 fully saturated rings. The van der Waals surface area contributed by atoms with E-state index in [9.17, 15) is 5.26 Å². The summed E-state index contributed by atoms with van der Waals surface area (Å²) < 4.78 is 4.68. The van der Waals surface area contributed by atoms with Crippen molar-refractivity contribution in [1.29, 1.82) is 5.26 Å². The van der Waals surface area contributed by atoms with E-state index in [4.69, 9.17) is 0 Å². The number of nitrogens with zero attached hydrogens (tertiary/aromatic N) is 3. The highest BCUT2D eigenvalue weighted by molar-refractivity contribution is 6.10. The lowest BCUT2D eigenvalue weighted by atomic mass is 9.93. The van der Waals surface area contributed by atoms with Crippen LogP contribution in [0.4, 0.5) is 0 Å². The number of benzene rings is 7. The first-order valence-electron chi connectivity index (χ1n) is 15.5. The lowest BCUT2D eigenvalue weighted by molar-refractivity contribution is 1.17. The Morgan fingerprint density at radius 3 is 1.41 bits per heavy atom. The van der Waals surface area contributed by atoms with Crippen molar-refractivity contribution in [3.05, 3.63) is 169 Å². The third kappa shape index (κ3) is 3.91. The molecule has 0 aliphatic rings. The van der Waals surface area contributed by atoms with E-state index in [1.54, 1.807) is 0 Å². The highest BCUT2D eigenvalue weighted by atomic mass is 15.0. The summed E-state index contributed by atoms with van der Waals surface area (Å²) in [5.41, 5.74) is 11.3. The van der Waals surface area contributed by atoms with Crippen LogP contribution < -0.4 is 0 Å². The van der Waals surface area contributed by atoms with Crippen molar-refractivity contribution in [2.45, 2.75) is 0 Å². The number of para-hydroxylation sites is 4. The Morgan fingerprint density at radius 2 is 0.870 bits per heavy atom. The van der Waals surface area contributed by atoms with Crippen LogP contribution in [0.5, 0.6) is 0 Å². The van der Waals surface area contributed by atoms with Crippen molar-refractivity contribution >= 4 is 43.6 Å². The van der Waals surface area contributed by atoms with Crippen molar-refractivity contribution in [2.24, 2.45) is 0 Å². The van der Waals surface area contributed by atoms with Gasteiger partial charge in [-0.3, -0.25) is 0 Å². The number of fused-ring (bicyclic) bond motifs is 6. The number of rotatable bonds is 4. The molecule has 3 nitrogen and oxygen atoms in total. The van der Waals surface area contributed by atoms with Gasteiger partial charge in [0.25, 0.3) is 0 Å². The van der Waals surface area contributed by atoms with E-state index < -0.39 is 0 Å². The number of aromatic nitrogens is 2. The van der Waals surface area contributed by atoms with Crippen LogP contribution in [0.2, 0.25) is 0 Å². The highest BCUT2D eigenvalue weighted by Gasteiger charge is 2.20. The van der Waals surface area contributed by atoms with Gasteiger partial charge in [-0.15, -0.1) is 0 Å². The molecule has 2 heterocycles. The summed E-state index contributed by atoms with van der Waals surface area (Å²) in [5.74, 6) is 0. The highest BCUT2D eigenvalue weighted by Crippen LogP contribution is 2.40. The Bertz CT molecular complexity index is 2540. The van der Waals surface area contributed by atoms with Gasteiger partial charge in [0.1, 0.15) is 0 Å². The van der Waals surface area contributed by atoms with Gasteiger partial charge >= 0.3 is 0 Å². The fourth-order valence-electron chi connectivity index (χ4n) is 7.15. The second-order valence-corrected chi connectivity index (χ2v) is 11.7. The fourth-order valence-corrected chi connectivity index (χ4v) is 7.15. The molecule has 0 aliphatic carbocycles. The topological polar surface area (TPSA) is 33.6 Å². The van der Waals surface area contributed by atoms with Gasteiger partial charge in [-0.1, -0.05) is 115 Å². The quantitative estimate of drug-likeness (QED) is 0.202. The van der Waals surface area contributed by atoms with Crippen LogP contribution in [-0.4, -0.2) is 9.13 Å². The van der Waals surface area contributed by atoms with Crippen LogP contribution >= 0.6 is 0 Å². The standard InChI is InChI=1S/C43H27N3/c44-28-31-26-38(29-13-2-1-3-14-29)43(46-41-23-10-6-19-35(41)36-20-7-11-24-42(36)46)27-37(31)30-15-12-16-32(25-30)45-39-21-8-4-17-33(39)34-18-5-9-22-40(34)45/h1-27H. The lowest BCUT2D eigenvalue weighted by Crippen LogP contribution is -2.00. The summed E-state index contributed by atoms with van der Waals surface area (Å²) in [6, 6.07) is 60.0. The molecule has 0 aliphatic heterocycles. The molecule has 0 N–H and O–H groups in total. The zero-order chi connectivity index (χ0) is 30.6. The van der Waals surface area contributed by atoms with Gasteiger partial charge in [-0.25, -0.2) is 0 Å². The molecule has 214 valence electrons. The molecule has 9 rings (SSSR count). The van der Waals surface area contributed by atoms with Crippen molar-refractivity contribution in [2.75, 3.05) is 0 Å². The first-order chi connectivity index (χ1) is 22.8. The van der Waals surface area contributed by atoms with Gasteiger partial charge in [0.2, 0.25) is 0 Å². The van der Waals surface area contributed by atoms with E-state index in [1.165, 1.54) is 21.5 Å². The molecule has 7 aromatic carbocycles. The Labute approximate surface area is 266 Å². The van der Waals surface area contributed by atoms with Crippen molar-refractivity contribution in [3.63, 3.8) is 0 Å². The smallest absolute Gasteiger partial charge is 0.0998 e. The number of hydrogen-bond acceptors (Lipinski definition) is 1. The van der Waals surface area contributed by atoms with Crippen LogP contribution in [0.15, 0.2) is 164 Å². The minimum atomic E-state index is 0.641. The van der Waals surface area contributed by atoms with Crippen LogP contribution in [-0.2, 0) is 0 Å². The summed E-state index contributed by atoms with van der Waals surface area (Å²) in [5, 5.41) is 15.4. The average Bonchev–Trinajstić information content (AvgIpc) is 3.65. The third-order valence-electron chi connectivity index (χ3n) is 9.16. The van der Waals surface area contributed by atoms with Gasteiger partial charge in [-0.2, -0.15) is 5.26 Å². The van der Waals surface area contributed by atoms with Gasteiger partial charge in [0, 0.05) is 38.4 Å². The first kappa shape index (κ1) is 26.1. The summed E-state index contributed by atoms with van der Waals surface area (Å²) in [4.78, 5) is 0. The Kier molecular flexibility index (Phi) is 5.88. The summed E-state index contributed by atoms with van der Waals surface area (Å²) in [6.45, 7) is 0. The summed E-state index contributed by atoms with van der Waals surface area (Å²) >= 11 is 0. The van der Waals surface area contributed by atoms with Gasteiger partial charge in [0.05, 0.1) is 39.4 Å². The van der Waals surface area contributed by atoms with E-state index in [-0.39, 0.29) is 0 Å². The van der Waals surface area contributed by atoms with Crippen molar-refractivity contribution in [3.8, 4) is 39.7 Å². The zero-order valence-corrected chi connectivity index (χ0v) is 24.9. The summed E-state index contributed by atoms with van der Waals surface area (Å²) in [6.07, 6.45) is 0. The molecule has 0 saturated carbocycles. The van der Waals surface area contributed by atoms with E-state index in [0.29, 0.717) is 5.56 Å². The van der Waals surface area contributed by atoms with Crippen LogP contribution in [0.1, 0.15) is 5.56 Å². The molecule has 0 amide bonds. The van der Waals surface area contributed by atoms with Crippen LogP contribution in [0.3, 0.4) is 0 Å². The molecular weight excluding hydrogens is 558 g/mol. The van der Waals surface area contributed by atoms with E-state index >= 15 is 0 Å². The molecule has 2 aromatic heterocycles. The fraction of sp³-hybridized carbons (Fsp3) is 0. The monoisotopic (exact) mass is 585 g/mol. The Hall–Kier alpha value is -6.37. The van der Waals surface area contributed by atoms with Gasteiger partial charge < -0.3 is 9.13 Å². The average molecular weight is 586 g/mol. The number of nitriles is 1. The Morgan fingerprint density at radius 1 is 0.391 bits per heavy atom. The minimum Gasteiger partial charge on any atom is -0.309 e. The number of hydrogen-bond donors (Lipinski definition) is 0. The maximum atomic E-state index is 10.6. The second-order valence-electron chi connectivity index (χ2n) is 11.7. The predicted molar refractivity (Wildman–Crippen MR) is 191 cm³/mol. The molecule has 0 saturated heterocycles. The molecule has 0 unspecified atom stereocenters. The van der Waals surface area contributed by atoms with Crippen LogP contribution in [0, 0.1) is 11.3 Å². The molecular formula is C43H27N3. The first-order valence-corrected chi connectivity index (χ1v) is 15.5. The van der Waals surface area contributed by atoms with Crippen molar-refractivity contribution in [1.82, 2.24) is 9.13 Å². The molecule has 0 spiro atoms. The molecule has 0 radical (unpaired) electrons. The van der Waals surface area contributed by atoms with Crippen molar-refractivity contribution < 1.29 is 0 Å². The second kappa shape index (κ2) is 10.4. The van der Waals surface area contributed by atoms with Crippen LogP contribution in [0.25, 0.3) is 77.2 Å². The van der Waals surface area contributed by atoms with Gasteiger partial charge in [0.15, 0.2) is 0 Å². The normalized spacial score (nSPS) is 11.5. The molecule has 0 atom stereocenters. The third-order valence-corrected chi connectivity index (χ3v) is 9.16.